The molecule has 0 saturated heterocycles. The summed E-state index contributed by atoms with van der Waals surface area (Å²) in [5.41, 5.74) is 3.57. The van der Waals surface area contributed by atoms with Gasteiger partial charge in [-0.15, -0.1) is 27.8 Å². The van der Waals surface area contributed by atoms with Gasteiger partial charge < -0.3 is 0 Å². The maximum Gasteiger partial charge on any atom is 0.352 e. The Morgan fingerprint density at radius 3 is 2.66 bits per heavy atom. The monoisotopic (exact) mass is 422 g/mol. The lowest BCUT2D eigenvalue weighted by atomic mass is 10.1. The van der Waals surface area contributed by atoms with Crippen LogP contribution < -0.4 is 11.2 Å². The Hall–Kier alpha value is -2.97. The van der Waals surface area contributed by atoms with Crippen LogP contribution in [0.15, 0.2) is 56.7 Å². The van der Waals surface area contributed by atoms with Gasteiger partial charge in [-0.25, -0.2) is 13.9 Å². The minimum atomic E-state index is -0.232. The smallest absolute Gasteiger partial charge is 0.270 e. The van der Waals surface area contributed by atoms with E-state index in [9.17, 15) is 9.59 Å². The molecule has 4 aromatic heterocycles. The van der Waals surface area contributed by atoms with Gasteiger partial charge in [-0.05, 0) is 47.9 Å². The zero-order valence-corrected chi connectivity index (χ0v) is 17.6. The molecule has 0 N–H and O–H groups in total. The first-order valence-electron chi connectivity index (χ1n) is 9.21. The van der Waals surface area contributed by atoms with Crippen molar-refractivity contribution in [1.29, 1.82) is 0 Å². The fourth-order valence-corrected chi connectivity index (χ4v) is 5.09. The summed E-state index contributed by atoms with van der Waals surface area (Å²) in [5.74, 6) is 0.379. The Labute approximate surface area is 173 Å². The van der Waals surface area contributed by atoms with E-state index in [1.54, 1.807) is 20.3 Å². The SMILES string of the molecule is Cc1ccc(C)c(Cn2nc3n(Cc4cccs4)c(=O)c4sccc4n3c2=O)c1. The van der Waals surface area contributed by atoms with Gasteiger partial charge in [0.15, 0.2) is 0 Å². The second-order valence-electron chi connectivity index (χ2n) is 7.11. The predicted molar refractivity (Wildman–Crippen MR) is 118 cm³/mol. The number of benzene rings is 1. The van der Waals surface area contributed by atoms with Crippen LogP contribution in [0.25, 0.3) is 16.0 Å². The molecule has 0 spiro atoms. The van der Waals surface area contributed by atoms with Gasteiger partial charge in [0.05, 0.1) is 18.6 Å². The molecule has 0 bridgehead atoms. The highest BCUT2D eigenvalue weighted by Crippen LogP contribution is 2.19. The van der Waals surface area contributed by atoms with Crippen LogP contribution in [0.1, 0.15) is 21.6 Å². The summed E-state index contributed by atoms with van der Waals surface area (Å²) >= 11 is 2.94. The van der Waals surface area contributed by atoms with Crippen LogP contribution in [-0.4, -0.2) is 18.7 Å². The molecule has 5 rings (SSSR count). The third-order valence-electron chi connectivity index (χ3n) is 5.11. The third-order valence-corrected chi connectivity index (χ3v) is 6.86. The molecule has 1 aromatic carbocycles. The molecule has 0 atom stereocenters. The molecule has 0 fully saturated rings. The second-order valence-corrected chi connectivity index (χ2v) is 9.06. The van der Waals surface area contributed by atoms with E-state index < -0.39 is 0 Å². The molecule has 6 nitrogen and oxygen atoms in total. The molecule has 5 aromatic rings. The number of rotatable bonds is 4. The largest absolute Gasteiger partial charge is 0.352 e. The number of thiophene rings is 2. The van der Waals surface area contributed by atoms with Gasteiger partial charge in [0.2, 0.25) is 5.78 Å². The van der Waals surface area contributed by atoms with Crippen molar-refractivity contribution in [2.24, 2.45) is 0 Å². The van der Waals surface area contributed by atoms with E-state index in [1.165, 1.54) is 16.0 Å². The third kappa shape index (κ3) is 2.95. The van der Waals surface area contributed by atoms with E-state index in [0.29, 0.717) is 29.1 Å². The average molecular weight is 423 g/mol. The van der Waals surface area contributed by atoms with Gasteiger partial charge in [0, 0.05) is 4.88 Å². The van der Waals surface area contributed by atoms with E-state index >= 15 is 0 Å². The Balaban J connectivity index is 1.76. The highest BCUT2D eigenvalue weighted by Gasteiger charge is 2.19. The summed E-state index contributed by atoms with van der Waals surface area (Å²) in [7, 11) is 0. The van der Waals surface area contributed by atoms with Crippen molar-refractivity contribution < 1.29 is 0 Å². The van der Waals surface area contributed by atoms with Crippen LogP contribution in [-0.2, 0) is 13.1 Å². The summed E-state index contributed by atoms with van der Waals surface area (Å²) in [6, 6.07) is 11.9. The first-order valence-corrected chi connectivity index (χ1v) is 11.0. The summed E-state index contributed by atoms with van der Waals surface area (Å²) in [5, 5.41) is 8.41. The van der Waals surface area contributed by atoms with Crippen molar-refractivity contribution in [1.82, 2.24) is 18.7 Å². The molecule has 0 aliphatic rings. The van der Waals surface area contributed by atoms with Gasteiger partial charge in [0.1, 0.15) is 4.70 Å². The zero-order chi connectivity index (χ0) is 20.1. The van der Waals surface area contributed by atoms with Crippen LogP contribution in [0, 0.1) is 13.8 Å². The molecule has 29 heavy (non-hydrogen) atoms. The molecule has 0 aliphatic carbocycles. The molecule has 0 unspecified atom stereocenters. The predicted octanol–water partition coefficient (Wildman–Crippen LogP) is 3.65. The number of nitrogens with zero attached hydrogens (tertiary/aromatic N) is 4. The lowest BCUT2D eigenvalue weighted by Crippen LogP contribution is -2.26. The molecule has 0 aliphatic heterocycles. The van der Waals surface area contributed by atoms with Crippen LogP contribution in [0.4, 0.5) is 0 Å². The van der Waals surface area contributed by atoms with Crippen molar-refractivity contribution in [3.8, 4) is 0 Å². The number of aromatic nitrogens is 4. The second kappa shape index (κ2) is 6.82. The molecule has 146 valence electrons. The molecule has 4 heterocycles. The Morgan fingerprint density at radius 1 is 1.00 bits per heavy atom. The van der Waals surface area contributed by atoms with Gasteiger partial charge in [-0.2, -0.15) is 0 Å². The fourth-order valence-electron chi connectivity index (χ4n) is 3.57. The van der Waals surface area contributed by atoms with Crippen molar-refractivity contribution in [2.75, 3.05) is 0 Å². The first kappa shape index (κ1) is 18.1. The summed E-state index contributed by atoms with van der Waals surface area (Å²) in [6.07, 6.45) is 0. The van der Waals surface area contributed by atoms with Crippen molar-refractivity contribution in [3.63, 3.8) is 0 Å². The van der Waals surface area contributed by atoms with E-state index in [1.807, 2.05) is 42.8 Å². The van der Waals surface area contributed by atoms with Gasteiger partial charge >= 0.3 is 5.69 Å². The number of fused-ring (bicyclic) bond motifs is 3. The maximum atomic E-state index is 13.3. The molecule has 0 saturated carbocycles. The Kier molecular flexibility index (Phi) is 4.25. The molecule has 0 radical (unpaired) electrons. The number of hydrogen-bond acceptors (Lipinski definition) is 5. The van der Waals surface area contributed by atoms with Crippen LogP contribution in [0.2, 0.25) is 0 Å². The number of aryl methyl sites for hydroxylation is 2. The molecular weight excluding hydrogens is 404 g/mol. The van der Waals surface area contributed by atoms with E-state index in [4.69, 9.17) is 0 Å². The zero-order valence-electron chi connectivity index (χ0n) is 16.0. The minimum absolute atomic E-state index is 0.111. The Bertz CT molecular complexity index is 1470. The van der Waals surface area contributed by atoms with E-state index in [-0.39, 0.29) is 11.2 Å². The molecule has 8 heteroatoms. The van der Waals surface area contributed by atoms with Gasteiger partial charge in [0.25, 0.3) is 5.56 Å². The highest BCUT2D eigenvalue weighted by atomic mass is 32.1. The lowest BCUT2D eigenvalue weighted by molar-refractivity contribution is 0.652. The highest BCUT2D eigenvalue weighted by molar-refractivity contribution is 7.17. The summed E-state index contributed by atoms with van der Waals surface area (Å²) in [6.45, 7) is 4.82. The first-order chi connectivity index (χ1) is 14.0. The molecular formula is C21H18N4O2S2. The quantitative estimate of drug-likeness (QED) is 0.444. The maximum absolute atomic E-state index is 13.3. The van der Waals surface area contributed by atoms with E-state index in [0.717, 1.165) is 21.6 Å². The minimum Gasteiger partial charge on any atom is -0.270 e. The van der Waals surface area contributed by atoms with E-state index in [2.05, 4.69) is 23.3 Å². The van der Waals surface area contributed by atoms with Crippen LogP contribution in [0.5, 0.6) is 0 Å². The van der Waals surface area contributed by atoms with Crippen molar-refractivity contribution in [3.05, 3.63) is 89.6 Å². The lowest BCUT2D eigenvalue weighted by Gasteiger charge is -2.06. The number of hydrogen-bond donors (Lipinski definition) is 0. The van der Waals surface area contributed by atoms with Crippen molar-refractivity contribution in [2.45, 2.75) is 26.9 Å². The van der Waals surface area contributed by atoms with Crippen LogP contribution >= 0.6 is 22.7 Å². The average Bonchev–Trinajstić information content (AvgIpc) is 3.43. The van der Waals surface area contributed by atoms with Crippen LogP contribution in [0.3, 0.4) is 0 Å². The topological polar surface area (TPSA) is 61.3 Å². The van der Waals surface area contributed by atoms with Gasteiger partial charge in [-0.3, -0.25) is 9.36 Å². The Morgan fingerprint density at radius 2 is 1.86 bits per heavy atom. The standard InChI is InChI=1S/C21H18N4O2S2/c1-13-5-6-14(2)15(10-13)11-24-21(27)25-17-7-9-29-18(17)19(26)23(20(25)22-24)12-16-4-3-8-28-16/h3-10H,11-12H2,1-2H3. The van der Waals surface area contributed by atoms with Gasteiger partial charge in [-0.1, -0.05) is 29.8 Å². The normalized spacial score (nSPS) is 11.7. The fraction of sp³-hybridized carbons (Fsp3) is 0.190. The van der Waals surface area contributed by atoms with Crippen molar-refractivity contribution >= 4 is 38.7 Å². The molecule has 0 amide bonds. The summed E-state index contributed by atoms with van der Waals surface area (Å²) in [4.78, 5) is 27.4. The summed E-state index contributed by atoms with van der Waals surface area (Å²) < 4.78 is 5.19.